The number of nitrogens with zero attached hydrogens (tertiary/aromatic N) is 2. The zero-order valence-electron chi connectivity index (χ0n) is 14.5. The number of anilines is 2. The van der Waals surface area contributed by atoms with Gasteiger partial charge < -0.3 is 10.2 Å². The summed E-state index contributed by atoms with van der Waals surface area (Å²) in [7, 11) is 0. The number of aryl methyl sites for hydroxylation is 1. The van der Waals surface area contributed by atoms with E-state index in [4.69, 9.17) is 0 Å². The maximum atomic E-state index is 13.6. The van der Waals surface area contributed by atoms with Crippen LogP contribution in [0.5, 0.6) is 0 Å². The maximum Gasteiger partial charge on any atom is 0.285 e. The Morgan fingerprint density at radius 1 is 1.15 bits per heavy atom. The lowest BCUT2D eigenvalue weighted by Gasteiger charge is -2.28. The van der Waals surface area contributed by atoms with E-state index in [0.29, 0.717) is 5.69 Å². The monoisotopic (exact) mass is 357 g/mol. The molecule has 0 atom stereocenters. The molecule has 0 spiro atoms. The van der Waals surface area contributed by atoms with Crippen LogP contribution in [-0.4, -0.2) is 23.9 Å². The topological polar surface area (TPSA) is 75.5 Å². The molecule has 26 heavy (non-hydrogen) atoms. The van der Waals surface area contributed by atoms with Crippen molar-refractivity contribution in [2.75, 3.05) is 23.3 Å². The highest BCUT2D eigenvalue weighted by Gasteiger charge is 2.24. The van der Waals surface area contributed by atoms with Crippen LogP contribution >= 0.6 is 0 Å². The molecule has 3 rings (SSSR count). The predicted molar refractivity (Wildman–Crippen MR) is 98.3 cm³/mol. The van der Waals surface area contributed by atoms with Gasteiger partial charge in [-0.25, -0.2) is 4.39 Å². The first-order valence-electron chi connectivity index (χ1n) is 8.56. The first kappa shape index (κ1) is 17.8. The number of nitrogens with one attached hydrogen (secondary N) is 1. The number of carbonyl (C=O) groups is 1. The Hall–Kier alpha value is -2.96. The number of rotatable bonds is 4. The van der Waals surface area contributed by atoms with E-state index >= 15 is 0 Å². The first-order chi connectivity index (χ1) is 12.5. The van der Waals surface area contributed by atoms with Gasteiger partial charge >= 0.3 is 0 Å². The lowest BCUT2D eigenvalue weighted by atomic mass is 10.1. The van der Waals surface area contributed by atoms with Gasteiger partial charge in [-0.3, -0.25) is 14.9 Å². The molecule has 1 N–H and O–H groups in total. The van der Waals surface area contributed by atoms with E-state index in [0.717, 1.165) is 30.9 Å². The normalized spacial score (nSPS) is 14.2. The zero-order valence-corrected chi connectivity index (χ0v) is 14.5. The van der Waals surface area contributed by atoms with E-state index in [9.17, 15) is 19.3 Å². The number of amides is 1. The summed E-state index contributed by atoms with van der Waals surface area (Å²) in [5.41, 5.74) is 1.03. The molecular formula is C19H20FN3O3. The van der Waals surface area contributed by atoms with E-state index in [1.165, 1.54) is 26.2 Å². The van der Waals surface area contributed by atoms with Crippen molar-refractivity contribution >= 4 is 23.0 Å². The number of halogens is 1. The molecule has 1 aliphatic rings. The molecule has 6 nitrogen and oxygen atoms in total. The van der Waals surface area contributed by atoms with Crippen molar-refractivity contribution in [1.82, 2.24) is 0 Å². The fourth-order valence-electron chi connectivity index (χ4n) is 3.26. The molecule has 7 heteroatoms. The summed E-state index contributed by atoms with van der Waals surface area (Å²) in [6.45, 7) is 3.44. The summed E-state index contributed by atoms with van der Waals surface area (Å²) in [6, 6.07) is 9.25. The average Bonchev–Trinajstić information content (AvgIpc) is 2.62. The van der Waals surface area contributed by atoms with Crippen LogP contribution in [0.15, 0.2) is 36.4 Å². The first-order valence-corrected chi connectivity index (χ1v) is 8.56. The second-order valence-corrected chi connectivity index (χ2v) is 6.42. The lowest BCUT2D eigenvalue weighted by Crippen LogP contribution is -2.29. The Morgan fingerprint density at radius 2 is 1.81 bits per heavy atom. The number of carbonyl (C=O) groups excluding carboxylic acids is 1. The summed E-state index contributed by atoms with van der Waals surface area (Å²) in [5.74, 6) is -1.39. The second-order valence-electron chi connectivity index (χ2n) is 6.42. The predicted octanol–water partition coefficient (Wildman–Crippen LogP) is 4.28. The van der Waals surface area contributed by atoms with Crippen LogP contribution in [0.2, 0.25) is 0 Å². The van der Waals surface area contributed by atoms with Gasteiger partial charge in [0.1, 0.15) is 11.4 Å². The third kappa shape index (κ3) is 3.82. The fraction of sp³-hybridized carbons (Fsp3) is 0.316. The molecular weight excluding hydrogens is 337 g/mol. The van der Waals surface area contributed by atoms with E-state index in [1.807, 2.05) is 12.1 Å². The number of piperidine rings is 1. The molecule has 0 unspecified atom stereocenters. The number of nitro benzene ring substituents is 1. The molecule has 1 saturated heterocycles. The Kier molecular flexibility index (Phi) is 5.16. The maximum absolute atomic E-state index is 13.6. The van der Waals surface area contributed by atoms with E-state index in [2.05, 4.69) is 10.2 Å². The van der Waals surface area contributed by atoms with Crippen molar-refractivity contribution in [3.05, 3.63) is 63.5 Å². The Balaban J connectivity index is 1.79. The van der Waals surface area contributed by atoms with Crippen LogP contribution in [0.25, 0.3) is 0 Å². The van der Waals surface area contributed by atoms with Gasteiger partial charge in [0.15, 0.2) is 0 Å². The molecule has 1 fully saturated rings. The Labute approximate surface area is 150 Å². The third-order valence-electron chi connectivity index (χ3n) is 4.54. The van der Waals surface area contributed by atoms with Crippen LogP contribution in [0, 0.1) is 22.9 Å². The smallest absolute Gasteiger partial charge is 0.285 e. The highest BCUT2D eigenvalue weighted by Crippen LogP contribution is 2.26. The highest BCUT2D eigenvalue weighted by molar-refractivity contribution is 6.07. The van der Waals surface area contributed by atoms with Gasteiger partial charge in [-0.15, -0.1) is 0 Å². The van der Waals surface area contributed by atoms with Gasteiger partial charge in [-0.05, 0) is 62.6 Å². The van der Waals surface area contributed by atoms with Gasteiger partial charge in [-0.1, -0.05) is 0 Å². The number of hydrogen-bond donors (Lipinski definition) is 1. The fourth-order valence-corrected chi connectivity index (χ4v) is 3.26. The standard InChI is InChI=1S/C19H20FN3O3/c1-13-11-14(20)12-17(18(13)23(25)26)19(24)21-15-5-7-16(8-6-15)22-9-3-2-4-10-22/h5-8,11-12H,2-4,9-10H2,1H3,(H,21,24). The summed E-state index contributed by atoms with van der Waals surface area (Å²) in [4.78, 5) is 25.3. The summed E-state index contributed by atoms with van der Waals surface area (Å²) >= 11 is 0. The van der Waals surface area contributed by atoms with Gasteiger partial charge in [0.2, 0.25) is 0 Å². The Morgan fingerprint density at radius 3 is 2.42 bits per heavy atom. The molecule has 1 aliphatic heterocycles. The SMILES string of the molecule is Cc1cc(F)cc(C(=O)Nc2ccc(N3CCCCC3)cc2)c1[N+](=O)[O-]. The minimum atomic E-state index is -0.704. The summed E-state index contributed by atoms with van der Waals surface area (Å²) in [6.07, 6.45) is 3.58. The number of benzene rings is 2. The molecule has 1 heterocycles. The van der Waals surface area contributed by atoms with E-state index in [1.54, 1.807) is 12.1 Å². The molecule has 0 radical (unpaired) electrons. The van der Waals surface area contributed by atoms with Crippen molar-refractivity contribution in [3.63, 3.8) is 0 Å². The molecule has 0 aliphatic carbocycles. The Bertz CT molecular complexity index is 831. The van der Waals surface area contributed by atoms with Crippen LogP contribution in [0.4, 0.5) is 21.5 Å². The summed E-state index contributed by atoms with van der Waals surface area (Å²) in [5, 5.41) is 13.8. The third-order valence-corrected chi connectivity index (χ3v) is 4.54. The molecule has 1 amide bonds. The molecule has 0 bridgehead atoms. The number of nitro groups is 1. The van der Waals surface area contributed by atoms with Crippen molar-refractivity contribution < 1.29 is 14.1 Å². The van der Waals surface area contributed by atoms with Crippen molar-refractivity contribution in [3.8, 4) is 0 Å². The molecule has 136 valence electrons. The molecule has 2 aromatic rings. The quantitative estimate of drug-likeness (QED) is 0.654. The summed E-state index contributed by atoms with van der Waals surface area (Å²) < 4.78 is 13.6. The van der Waals surface area contributed by atoms with Gasteiger partial charge in [0.25, 0.3) is 11.6 Å². The van der Waals surface area contributed by atoms with Gasteiger partial charge in [0.05, 0.1) is 4.92 Å². The van der Waals surface area contributed by atoms with Crippen molar-refractivity contribution in [1.29, 1.82) is 0 Å². The highest BCUT2D eigenvalue weighted by atomic mass is 19.1. The molecule has 2 aromatic carbocycles. The molecule has 0 saturated carbocycles. The van der Waals surface area contributed by atoms with Crippen molar-refractivity contribution in [2.24, 2.45) is 0 Å². The van der Waals surface area contributed by atoms with Gasteiger partial charge in [0, 0.05) is 30.0 Å². The molecule has 0 aromatic heterocycles. The lowest BCUT2D eigenvalue weighted by molar-refractivity contribution is -0.385. The van der Waals surface area contributed by atoms with E-state index in [-0.39, 0.29) is 16.8 Å². The van der Waals surface area contributed by atoms with Crippen LogP contribution < -0.4 is 10.2 Å². The largest absolute Gasteiger partial charge is 0.372 e. The number of hydrogen-bond acceptors (Lipinski definition) is 4. The van der Waals surface area contributed by atoms with Crippen LogP contribution in [-0.2, 0) is 0 Å². The van der Waals surface area contributed by atoms with Crippen molar-refractivity contribution in [2.45, 2.75) is 26.2 Å². The van der Waals surface area contributed by atoms with E-state index < -0.39 is 16.6 Å². The minimum absolute atomic E-state index is 0.112. The zero-order chi connectivity index (χ0) is 18.7. The second kappa shape index (κ2) is 7.51. The van der Waals surface area contributed by atoms with Crippen LogP contribution in [0.1, 0.15) is 35.2 Å². The average molecular weight is 357 g/mol. The van der Waals surface area contributed by atoms with Crippen LogP contribution in [0.3, 0.4) is 0 Å². The minimum Gasteiger partial charge on any atom is -0.372 e. The van der Waals surface area contributed by atoms with Gasteiger partial charge in [-0.2, -0.15) is 0 Å².